The summed E-state index contributed by atoms with van der Waals surface area (Å²) in [7, 11) is 17.3. The molecule has 0 saturated heterocycles. The fraction of sp³-hybridized carbons (Fsp3) is 0.176. The molecule has 16 heteroatoms. The maximum absolute atomic E-state index is 2.44. The van der Waals surface area contributed by atoms with Crippen molar-refractivity contribution in [2.45, 2.75) is 86.5 Å². The van der Waals surface area contributed by atoms with Crippen LogP contribution in [0.5, 0.6) is 0 Å². The average molecular weight is 1770 g/mol. The lowest BCUT2D eigenvalue weighted by Gasteiger charge is -2.23. The molecule has 0 amide bonds. The minimum atomic E-state index is 0.212. The molecule has 135 heavy (non-hydrogen) atoms. The van der Waals surface area contributed by atoms with Gasteiger partial charge in [0.2, 0.25) is 0 Å². The maximum Gasteiger partial charge on any atom is 0.308 e. The third-order valence-electron chi connectivity index (χ3n) is 28.9. The second-order valence-corrected chi connectivity index (χ2v) is 36.7. The van der Waals surface area contributed by atoms with E-state index in [-0.39, 0.29) is 24.7 Å². The van der Waals surface area contributed by atoms with Gasteiger partial charge >= 0.3 is 5.82 Å². The van der Waals surface area contributed by atoms with Gasteiger partial charge in [0.1, 0.15) is 52.9 Å². The average Bonchev–Trinajstić information content (AvgIpc) is 1.56. The number of fused-ring (bicyclic) bond motifs is 12. The lowest BCUT2D eigenvalue weighted by atomic mass is 9.99. The van der Waals surface area contributed by atoms with Crippen molar-refractivity contribution in [1.82, 2.24) is 37.9 Å². The van der Waals surface area contributed by atoms with Gasteiger partial charge < -0.3 is 37.9 Å². The zero-order valence-corrected chi connectivity index (χ0v) is 80.0. The number of aromatic nitrogens is 8. The lowest BCUT2D eigenvalue weighted by molar-refractivity contribution is -0.646. The summed E-state index contributed by atoms with van der Waals surface area (Å²) in [6.45, 7) is 17.8. The summed E-state index contributed by atoms with van der Waals surface area (Å²) in [5.41, 5.74) is 31.1. The van der Waals surface area contributed by atoms with Crippen LogP contribution < -0.4 is 37.9 Å². The van der Waals surface area contributed by atoms with Gasteiger partial charge in [-0.1, -0.05) is 231 Å². The van der Waals surface area contributed by atoms with E-state index in [0.29, 0.717) is 0 Å². The predicted molar refractivity (Wildman–Crippen MR) is 559 cm³/mol. The molecule has 0 saturated carbocycles. The van der Waals surface area contributed by atoms with Crippen molar-refractivity contribution in [3.8, 4) is 67.8 Å². The van der Waals surface area contributed by atoms with Gasteiger partial charge in [0, 0.05) is 137 Å². The van der Waals surface area contributed by atoms with E-state index in [2.05, 4.69) is 565 Å². The number of rotatable bonds is 12. The standard InChI is InChI=1S/3C30H29N4.C29H29N4/c1-21-12-8-9-15-24(21)29-30-26(20-28(32(29)4)33-19-18-31(3)22(33)2)25-16-10-11-17-27(25)34(30)23-13-6-5-7-14-23;1-21-12-8-9-15-24(21)28-20-26-25-16-10-11-17-27(25)34(23-13-6-5-7-14-23)29(26)30(32(28)4)33-19-18-31(3)22(33)2;1-21-12-8-9-15-24(21)27-20-28-29(30(32(27)4)33-19-18-31(3)22(33)2)25-16-10-11-17-26(25)34(28)23-13-6-5-7-14-23;1-20-11-8-9-14-23(20)29-28-24-15-10-16-25(24)33(22-12-6-5-7-13-22)26(28)19-27(31(29)4)32-18-17-30(3)21(32)2/h3*5-20,22H,1-4H3;5-14,16-19,21H,15H2,1-4H3/q4*+1/t3*22-;21-/m0000/s1. The molecule has 0 spiro atoms. The monoisotopic (exact) mass is 1770 g/mol. The largest absolute Gasteiger partial charge is 0.339 e. The fourth-order valence-corrected chi connectivity index (χ4v) is 21.2. The summed E-state index contributed by atoms with van der Waals surface area (Å²) in [4.78, 5) is 18.5. The highest BCUT2D eigenvalue weighted by atomic mass is 15.4. The molecule has 12 heterocycles. The van der Waals surface area contributed by atoms with Crippen LogP contribution in [-0.4, -0.2) is 90.7 Å². The summed E-state index contributed by atoms with van der Waals surface area (Å²) in [6.07, 6.45) is 23.9. The Hall–Kier alpha value is -15.9. The normalized spacial score (nSPS) is 16.0. The summed E-state index contributed by atoms with van der Waals surface area (Å²) in [5.74, 6) is 4.75. The Morgan fingerprint density at radius 2 is 0.607 bits per heavy atom. The van der Waals surface area contributed by atoms with Gasteiger partial charge in [-0.3, -0.25) is 0 Å². The van der Waals surface area contributed by atoms with Gasteiger partial charge in [-0.15, -0.1) is 0 Å². The molecule has 5 aliphatic rings. The van der Waals surface area contributed by atoms with Crippen LogP contribution in [0.2, 0.25) is 0 Å². The van der Waals surface area contributed by atoms with E-state index in [4.69, 9.17) is 0 Å². The topological polar surface area (TPSA) is 61.2 Å². The number of allylic oxidation sites excluding steroid dienone is 1. The van der Waals surface area contributed by atoms with Crippen LogP contribution in [0.4, 0.5) is 23.3 Å². The number of anilines is 4. The van der Waals surface area contributed by atoms with Crippen LogP contribution in [0, 0.1) is 27.7 Å². The number of aryl methyl sites for hydroxylation is 4. The Balaban J connectivity index is 0.000000108. The summed E-state index contributed by atoms with van der Waals surface area (Å²) in [6, 6.07) is 113. The minimum absolute atomic E-state index is 0.212. The van der Waals surface area contributed by atoms with E-state index in [0.717, 1.165) is 6.42 Å². The fourth-order valence-electron chi connectivity index (χ4n) is 21.2. The number of pyridine rings is 4. The van der Waals surface area contributed by atoms with Crippen molar-refractivity contribution in [3.63, 3.8) is 0 Å². The first-order chi connectivity index (χ1) is 65.7. The summed E-state index contributed by atoms with van der Waals surface area (Å²) >= 11 is 0. The molecule has 0 unspecified atom stereocenters. The number of hydrogen-bond donors (Lipinski definition) is 0. The first-order valence-corrected chi connectivity index (χ1v) is 47.1. The van der Waals surface area contributed by atoms with E-state index >= 15 is 0 Å². The second-order valence-electron chi connectivity index (χ2n) is 36.7. The van der Waals surface area contributed by atoms with Crippen LogP contribution in [-0.2, 0) is 34.6 Å². The van der Waals surface area contributed by atoms with Gasteiger partial charge in [-0.25, -0.2) is 37.9 Å². The zero-order valence-electron chi connectivity index (χ0n) is 80.0. The number of hydrogen-bond acceptors (Lipinski definition) is 8. The first-order valence-electron chi connectivity index (χ1n) is 47.1. The maximum atomic E-state index is 2.44. The molecule has 0 radical (unpaired) electrons. The van der Waals surface area contributed by atoms with Crippen LogP contribution in [0.25, 0.3) is 150 Å². The molecule has 4 atom stereocenters. The quantitative estimate of drug-likeness (QED) is 0.112. The van der Waals surface area contributed by atoms with E-state index in [1.807, 2.05) is 0 Å². The number of nitrogens with zero attached hydrogens (tertiary/aromatic N) is 16. The summed E-state index contributed by atoms with van der Waals surface area (Å²) < 4.78 is 19.2. The van der Waals surface area contributed by atoms with E-state index in [1.165, 1.54) is 201 Å². The van der Waals surface area contributed by atoms with Gasteiger partial charge in [-0.2, -0.15) is 0 Å². The first kappa shape index (κ1) is 85.8. The summed E-state index contributed by atoms with van der Waals surface area (Å²) in [5, 5.41) is 8.94. The third-order valence-corrected chi connectivity index (χ3v) is 28.9. The molecule has 668 valence electrons. The van der Waals surface area contributed by atoms with Gasteiger partial charge in [0.05, 0.1) is 78.3 Å². The third kappa shape index (κ3) is 14.5. The Bertz CT molecular complexity index is 7990. The molecule has 0 fully saturated rings. The Kier molecular flexibility index (Phi) is 22.2. The van der Waals surface area contributed by atoms with E-state index < -0.39 is 0 Å². The van der Waals surface area contributed by atoms with E-state index in [1.54, 1.807) is 0 Å². The van der Waals surface area contributed by atoms with Crippen molar-refractivity contribution in [3.05, 3.63) is 405 Å². The SMILES string of the molecule is Cc1ccccc1-c1c2c(cc(N3C=CN(C)[C@@H]3C)[n+]1C)c1ccccc1n2-c1ccccc1.Cc1ccccc1-c1c2c3c(n(-c4ccccc4)c2cc(N2C=CN(C)[C@@H]2C)[n+]1C)C=CC3.Cc1ccccc1-c1cc2c(c(N3C=CN(C)[C@@H]3C)[n+]1C)c1ccccc1n2-c1ccccc1.Cc1ccccc1-c1cc2c3ccccc3n(-c3ccccc3)c2c(N2C=CN(C)[C@@H]2C)[n+]1C. The van der Waals surface area contributed by atoms with Crippen LogP contribution in [0.15, 0.2) is 371 Å². The molecule has 19 aromatic rings. The number of para-hydroxylation sites is 7. The highest BCUT2D eigenvalue weighted by molar-refractivity contribution is 6.16. The van der Waals surface area contributed by atoms with Crippen molar-refractivity contribution >= 4 is 106 Å². The predicted octanol–water partition coefficient (Wildman–Crippen LogP) is 24.0. The molecule has 11 aromatic carbocycles. The van der Waals surface area contributed by atoms with Crippen LogP contribution >= 0.6 is 0 Å². The lowest BCUT2D eigenvalue weighted by Crippen LogP contribution is -2.44. The van der Waals surface area contributed by atoms with Crippen molar-refractivity contribution in [2.75, 3.05) is 47.8 Å². The smallest absolute Gasteiger partial charge is 0.308 e. The van der Waals surface area contributed by atoms with Crippen LogP contribution in [0.1, 0.15) is 61.2 Å². The van der Waals surface area contributed by atoms with E-state index in [9.17, 15) is 0 Å². The molecule has 1 aliphatic carbocycles. The van der Waals surface area contributed by atoms with Crippen molar-refractivity contribution in [2.24, 2.45) is 28.2 Å². The highest BCUT2D eigenvalue weighted by Gasteiger charge is 2.41. The molecule has 0 N–H and O–H groups in total. The molecule has 4 aliphatic heterocycles. The molecule has 0 bridgehead atoms. The highest BCUT2D eigenvalue weighted by Crippen LogP contribution is 2.47. The zero-order chi connectivity index (χ0) is 92.9. The molecule has 24 rings (SSSR count). The van der Waals surface area contributed by atoms with Gasteiger partial charge in [0.15, 0.2) is 30.4 Å². The number of benzene rings is 11. The minimum Gasteiger partial charge on any atom is -0.339 e. The molecule has 16 nitrogen and oxygen atoms in total. The van der Waals surface area contributed by atoms with Crippen molar-refractivity contribution < 1.29 is 18.3 Å². The second kappa shape index (κ2) is 35.0. The van der Waals surface area contributed by atoms with Crippen LogP contribution in [0.3, 0.4) is 0 Å². The molecule has 8 aromatic heterocycles. The molecular weight excluding hydrogens is 1650 g/mol. The van der Waals surface area contributed by atoms with Gasteiger partial charge in [0.25, 0.3) is 17.5 Å². The molecular formula is C119H116N16+4. The van der Waals surface area contributed by atoms with Crippen molar-refractivity contribution in [1.29, 1.82) is 0 Å². The van der Waals surface area contributed by atoms with Gasteiger partial charge in [-0.05, 0) is 169 Å². The Labute approximate surface area is 791 Å². The Morgan fingerprint density at radius 1 is 0.267 bits per heavy atom. The Morgan fingerprint density at radius 3 is 1.07 bits per heavy atom.